The number of nitrogens with one attached hydrogen (secondary N) is 2. The molecular weight excluding hydrogens is 513 g/mol. The minimum absolute atomic E-state index is 0. The Balaban J connectivity index is 0.00000241. The van der Waals surface area contributed by atoms with Crippen LogP contribution in [-0.2, 0) is 21.4 Å². The fraction of sp³-hybridized carbons (Fsp3) is 0.778. The predicted octanol–water partition coefficient (Wildman–Crippen LogP) is 2.96. The van der Waals surface area contributed by atoms with Gasteiger partial charge in [0.25, 0.3) is 5.56 Å². The molecule has 1 amide bonds. The monoisotopic (exact) mass is 559 g/mol. The minimum Gasteiger partial charge on any atom is -0.376 e. The zero-order valence-corrected chi connectivity index (χ0v) is 25.0. The number of fused-ring (bicyclic) bond motifs is 1. The summed E-state index contributed by atoms with van der Waals surface area (Å²) in [6.07, 6.45) is 2.99. The number of ether oxygens (including phenoxy) is 1. The van der Waals surface area contributed by atoms with E-state index in [0.717, 1.165) is 69.0 Å². The number of aromatic nitrogens is 1. The van der Waals surface area contributed by atoms with Gasteiger partial charge in [-0.25, -0.2) is 0 Å². The lowest BCUT2D eigenvalue weighted by molar-refractivity contribution is -0.121. The molecule has 8 nitrogen and oxygen atoms in total. The molecule has 0 saturated carbocycles. The van der Waals surface area contributed by atoms with Gasteiger partial charge in [0.2, 0.25) is 5.91 Å². The molecule has 0 spiro atoms. The number of morpholine rings is 1. The lowest BCUT2D eigenvalue weighted by Gasteiger charge is -2.44. The van der Waals surface area contributed by atoms with Crippen LogP contribution in [0.3, 0.4) is 0 Å². The topological polar surface area (TPSA) is 80.9 Å². The SMILES string of the molecule is CCCCc1cc2c([nH]c1=O)C(C)(C)CN2C(=O)CN1C[C@@H](C)NC[C@@H]1CN1C[C@H](C)OC[C@H]1C.Cl.Cl. The number of aryl methyl sites for hydroxylation is 1. The van der Waals surface area contributed by atoms with E-state index in [9.17, 15) is 9.59 Å². The van der Waals surface area contributed by atoms with Crippen molar-refractivity contribution in [2.24, 2.45) is 0 Å². The molecule has 0 bridgehead atoms. The molecule has 0 aliphatic carbocycles. The summed E-state index contributed by atoms with van der Waals surface area (Å²) in [6, 6.07) is 2.98. The van der Waals surface area contributed by atoms with Crippen LogP contribution in [0.4, 0.5) is 5.69 Å². The third-order valence-corrected chi connectivity index (χ3v) is 7.97. The maximum Gasteiger partial charge on any atom is 0.251 e. The van der Waals surface area contributed by atoms with Crippen molar-refractivity contribution in [2.45, 2.75) is 90.4 Å². The number of hydrogen-bond acceptors (Lipinski definition) is 6. The molecule has 2 N–H and O–H groups in total. The molecule has 0 radical (unpaired) electrons. The van der Waals surface area contributed by atoms with E-state index in [1.165, 1.54) is 0 Å². The van der Waals surface area contributed by atoms with Crippen LogP contribution in [-0.4, -0.2) is 90.8 Å². The van der Waals surface area contributed by atoms with Crippen molar-refractivity contribution in [2.75, 3.05) is 50.8 Å². The summed E-state index contributed by atoms with van der Waals surface area (Å²) >= 11 is 0. The van der Waals surface area contributed by atoms with Crippen LogP contribution >= 0.6 is 24.8 Å². The highest BCUT2D eigenvalue weighted by Gasteiger charge is 2.41. The van der Waals surface area contributed by atoms with Gasteiger partial charge in [-0.1, -0.05) is 27.2 Å². The van der Waals surface area contributed by atoms with E-state index in [1.807, 2.05) is 11.0 Å². The van der Waals surface area contributed by atoms with Crippen LogP contribution < -0.4 is 15.8 Å². The molecule has 4 rings (SSSR count). The highest BCUT2D eigenvalue weighted by Crippen LogP contribution is 2.39. The zero-order valence-electron chi connectivity index (χ0n) is 23.3. The van der Waals surface area contributed by atoms with Crippen molar-refractivity contribution in [3.05, 3.63) is 27.7 Å². The number of carbonyl (C=O) groups excluding carboxylic acids is 1. The van der Waals surface area contributed by atoms with Gasteiger partial charge >= 0.3 is 0 Å². The predicted molar refractivity (Wildman–Crippen MR) is 155 cm³/mol. The number of amides is 1. The van der Waals surface area contributed by atoms with E-state index < -0.39 is 0 Å². The standard InChI is InChI=1S/C27H45N5O3.2ClH/c1-7-8-9-21-10-23-25(29-26(21)34)27(5,6)17-32(23)24(33)15-31-12-18(2)28-11-22(31)14-30-13-20(4)35-16-19(30)3;;/h10,18-20,22,28H,7-9,11-17H2,1-6H3,(H,29,34);2*1H/t18-,19-,20+,22-;;/m1../s1. The summed E-state index contributed by atoms with van der Waals surface area (Å²) in [6.45, 7) is 18.2. The maximum atomic E-state index is 13.8. The van der Waals surface area contributed by atoms with Gasteiger partial charge in [-0.2, -0.15) is 0 Å². The lowest BCUT2D eigenvalue weighted by atomic mass is 9.91. The van der Waals surface area contributed by atoms with E-state index in [2.05, 4.69) is 61.6 Å². The first-order chi connectivity index (χ1) is 16.6. The number of unbranched alkanes of at least 4 members (excludes halogenated alkanes) is 1. The van der Waals surface area contributed by atoms with Gasteiger partial charge in [-0.05, 0) is 39.7 Å². The molecule has 1 aromatic heterocycles. The van der Waals surface area contributed by atoms with Crippen LogP contribution in [0.15, 0.2) is 10.9 Å². The summed E-state index contributed by atoms with van der Waals surface area (Å²) in [5.74, 6) is 0.118. The molecule has 2 saturated heterocycles. The van der Waals surface area contributed by atoms with E-state index in [1.54, 1.807) is 0 Å². The summed E-state index contributed by atoms with van der Waals surface area (Å²) in [5.41, 5.74) is 2.27. The number of H-pyrrole nitrogens is 1. The summed E-state index contributed by atoms with van der Waals surface area (Å²) in [7, 11) is 0. The number of carbonyl (C=O) groups is 1. The number of nitrogens with zero attached hydrogens (tertiary/aromatic N) is 3. The zero-order chi connectivity index (χ0) is 25.3. The molecular formula is C27H47Cl2N5O3. The Kier molecular flexibility index (Phi) is 11.5. The van der Waals surface area contributed by atoms with Crippen LogP contribution in [0.25, 0.3) is 0 Å². The van der Waals surface area contributed by atoms with E-state index >= 15 is 0 Å². The van der Waals surface area contributed by atoms with Crippen molar-refractivity contribution in [3.63, 3.8) is 0 Å². The van der Waals surface area contributed by atoms with E-state index in [0.29, 0.717) is 25.2 Å². The van der Waals surface area contributed by atoms with Crippen molar-refractivity contribution in [3.8, 4) is 0 Å². The first kappa shape index (κ1) is 32.1. The van der Waals surface area contributed by atoms with Crippen LogP contribution in [0.5, 0.6) is 0 Å². The third-order valence-electron chi connectivity index (χ3n) is 7.97. The number of pyridine rings is 1. The molecule has 2 fully saturated rings. The maximum absolute atomic E-state index is 13.8. The van der Waals surface area contributed by atoms with Crippen LogP contribution in [0, 0.1) is 0 Å². The quantitative estimate of drug-likeness (QED) is 0.534. The minimum atomic E-state index is -0.275. The average molecular weight is 561 g/mol. The Bertz CT molecular complexity index is 972. The fourth-order valence-corrected chi connectivity index (χ4v) is 5.79. The van der Waals surface area contributed by atoms with Crippen molar-refractivity contribution in [1.29, 1.82) is 0 Å². The molecule has 3 aliphatic heterocycles. The van der Waals surface area contributed by atoms with E-state index in [-0.39, 0.29) is 53.8 Å². The fourth-order valence-electron chi connectivity index (χ4n) is 5.79. The molecule has 10 heteroatoms. The second kappa shape index (κ2) is 13.3. The summed E-state index contributed by atoms with van der Waals surface area (Å²) in [5, 5.41) is 3.62. The first-order valence-corrected chi connectivity index (χ1v) is 13.5. The van der Waals surface area contributed by atoms with Gasteiger partial charge in [0, 0.05) is 67.5 Å². The Morgan fingerprint density at radius 3 is 2.59 bits per heavy atom. The molecule has 0 aromatic carbocycles. The highest BCUT2D eigenvalue weighted by atomic mass is 35.5. The number of aromatic amines is 1. The van der Waals surface area contributed by atoms with Gasteiger partial charge in [-0.15, -0.1) is 24.8 Å². The number of piperazine rings is 1. The summed E-state index contributed by atoms with van der Waals surface area (Å²) in [4.78, 5) is 36.4. The van der Waals surface area contributed by atoms with Crippen molar-refractivity contribution >= 4 is 36.4 Å². The van der Waals surface area contributed by atoms with E-state index in [4.69, 9.17) is 4.74 Å². The number of anilines is 1. The van der Waals surface area contributed by atoms with Crippen LogP contribution in [0.2, 0.25) is 0 Å². The van der Waals surface area contributed by atoms with Gasteiger partial charge in [0.05, 0.1) is 24.9 Å². The Labute approximate surface area is 234 Å². The Hall–Kier alpha value is -1.16. The molecule has 212 valence electrons. The number of rotatable bonds is 7. The molecule has 4 atom stereocenters. The van der Waals surface area contributed by atoms with Gasteiger partial charge in [-0.3, -0.25) is 19.4 Å². The molecule has 4 heterocycles. The van der Waals surface area contributed by atoms with Gasteiger partial charge in [0.1, 0.15) is 0 Å². The number of halogens is 2. The Morgan fingerprint density at radius 2 is 1.89 bits per heavy atom. The summed E-state index contributed by atoms with van der Waals surface area (Å²) < 4.78 is 5.82. The second-order valence-electron chi connectivity index (χ2n) is 11.7. The number of hydrogen-bond donors (Lipinski definition) is 2. The third kappa shape index (κ3) is 7.28. The largest absolute Gasteiger partial charge is 0.376 e. The van der Waals surface area contributed by atoms with Gasteiger partial charge in [0.15, 0.2) is 0 Å². The van der Waals surface area contributed by atoms with Gasteiger partial charge < -0.3 is 19.9 Å². The normalized spacial score (nSPS) is 27.8. The molecule has 0 unspecified atom stereocenters. The van der Waals surface area contributed by atoms with Crippen molar-refractivity contribution in [1.82, 2.24) is 20.1 Å². The Morgan fingerprint density at radius 1 is 1.16 bits per heavy atom. The average Bonchev–Trinajstić information content (AvgIpc) is 3.06. The smallest absolute Gasteiger partial charge is 0.251 e. The van der Waals surface area contributed by atoms with Crippen LogP contribution in [0.1, 0.15) is 65.6 Å². The second-order valence-corrected chi connectivity index (χ2v) is 11.7. The first-order valence-electron chi connectivity index (χ1n) is 13.5. The molecule has 37 heavy (non-hydrogen) atoms. The highest BCUT2D eigenvalue weighted by molar-refractivity contribution is 5.97. The van der Waals surface area contributed by atoms with Crippen molar-refractivity contribution < 1.29 is 9.53 Å². The molecule has 3 aliphatic rings. The molecule has 1 aromatic rings. The lowest BCUT2D eigenvalue weighted by Crippen LogP contribution is -2.62.